The Hall–Kier alpha value is -1.37. The maximum atomic E-state index is 12.9. The van der Waals surface area contributed by atoms with Crippen LogP contribution in [0.1, 0.15) is 67.2 Å². The number of anilines is 1. The molecule has 0 aliphatic heterocycles. The predicted molar refractivity (Wildman–Crippen MR) is 106 cm³/mol. The highest BCUT2D eigenvalue weighted by Gasteiger charge is 2.36. The fourth-order valence-corrected chi connectivity index (χ4v) is 4.99. The van der Waals surface area contributed by atoms with Crippen molar-refractivity contribution in [2.45, 2.75) is 51.9 Å². The highest BCUT2D eigenvalue weighted by Crippen LogP contribution is 2.48. The van der Waals surface area contributed by atoms with Crippen LogP contribution in [0.25, 0.3) is 0 Å². The van der Waals surface area contributed by atoms with Gasteiger partial charge in [-0.3, -0.25) is 9.48 Å². The molecule has 1 aliphatic rings. The first-order chi connectivity index (χ1) is 11.3. The largest absolute Gasteiger partial charge is 0.322 e. The normalized spacial score (nSPS) is 18.5. The number of aryl methyl sites for hydroxylation is 1. The van der Waals surface area contributed by atoms with E-state index in [0.29, 0.717) is 11.5 Å². The van der Waals surface area contributed by atoms with Crippen LogP contribution < -0.4 is 5.32 Å². The minimum atomic E-state index is -0.0605. The van der Waals surface area contributed by atoms with Gasteiger partial charge in [0.1, 0.15) is 3.70 Å². The van der Waals surface area contributed by atoms with Gasteiger partial charge in [-0.25, -0.2) is 0 Å². The summed E-state index contributed by atoms with van der Waals surface area (Å²) in [5.41, 5.74) is 5.41. The molecule has 0 saturated heterocycles. The van der Waals surface area contributed by atoms with Crippen LogP contribution in [-0.2, 0) is 18.9 Å². The number of nitrogens with zero attached hydrogens (tertiary/aromatic N) is 2. The minimum absolute atomic E-state index is 0.0605. The highest BCUT2D eigenvalue weighted by atomic mass is 127. The van der Waals surface area contributed by atoms with Gasteiger partial charge in [-0.1, -0.05) is 39.8 Å². The van der Waals surface area contributed by atoms with E-state index < -0.39 is 0 Å². The molecule has 3 rings (SSSR count). The SMILES string of the molecule is CCc1c(C(=O)Nc2cccc3c2C(C)CC3(C)C)c(I)nn1C. The zero-order chi connectivity index (χ0) is 17.6. The summed E-state index contributed by atoms with van der Waals surface area (Å²) >= 11 is 2.14. The van der Waals surface area contributed by atoms with Crippen LogP contribution in [0.2, 0.25) is 0 Å². The Bertz CT molecular complexity index is 807. The molecule has 1 aliphatic carbocycles. The van der Waals surface area contributed by atoms with Crippen molar-refractivity contribution in [3.63, 3.8) is 0 Å². The number of halogens is 1. The van der Waals surface area contributed by atoms with Crippen molar-refractivity contribution in [3.05, 3.63) is 44.3 Å². The zero-order valence-electron chi connectivity index (χ0n) is 14.9. The van der Waals surface area contributed by atoms with E-state index in [1.54, 1.807) is 4.68 Å². The number of hydrogen-bond donors (Lipinski definition) is 1. The van der Waals surface area contributed by atoms with Crippen molar-refractivity contribution in [1.29, 1.82) is 0 Å². The Labute approximate surface area is 157 Å². The smallest absolute Gasteiger partial charge is 0.260 e. The first-order valence-electron chi connectivity index (χ1n) is 8.42. The summed E-state index contributed by atoms with van der Waals surface area (Å²) in [7, 11) is 1.89. The topological polar surface area (TPSA) is 46.9 Å². The summed E-state index contributed by atoms with van der Waals surface area (Å²) in [4.78, 5) is 12.9. The summed E-state index contributed by atoms with van der Waals surface area (Å²) in [6.07, 6.45) is 1.89. The van der Waals surface area contributed by atoms with E-state index >= 15 is 0 Å². The van der Waals surface area contributed by atoms with Gasteiger partial charge in [0.2, 0.25) is 0 Å². The lowest BCUT2D eigenvalue weighted by Gasteiger charge is -2.19. The molecule has 4 nitrogen and oxygen atoms in total. The van der Waals surface area contributed by atoms with Gasteiger partial charge in [-0.2, -0.15) is 5.10 Å². The number of carbonyl (C=O) groups is 1. The van der Waals surface area contributed by atoms with Crippen LogP contribution in [-0.4, -0.2) is 15.7 Å². The zero-order valence-corrected chi connectivity index (χ0v) is 17.1. The standard InChI is InChI=1S/C19H24IN3O/c1-6-14-16(17(20)22-23(14)5)18(24)21-13-9-7-8-12-15(13)11(2)10-19(12,3)4/h7-9,11H,6,10H2,1-5H3,(H,21,24). The fraction of sp³-hybridized carbons (Fsp3) is 0.474. The Balaban J connectivity index is 2.00. The van der Waals surface area contributed by atoms with Gasteiger partial charge in [0.25, 0.3) is 5.91 Å². The molecule has 5 heteroatoms. The third-order valence-electron chi connectivity index (χ3n) is 5.08. The number of carbonyl (C=O) groups excluding carboxylic acids is 1. The second kappa shape index (κ2) is 6.17. The van der Waals surface area contributed by atoms with Gasteiger partial charge in [-0.05, 0) is 64.0 Å². The van der Waals surface area contributed by atoms with Crippen LogP contribution >= 0.6 is 22.6 Å². The van der Waals surface area contributed by atoms with E-state index in [4.69, 9.17) is 0 Å². The number of aromatic nitrogens is 2. The number of amides is 1. The van der Waals surface area contributed by atoms with Crippen LogP contribution in [0.15, 0.2) is 18.2 Å². The van der Waals surface area contributed by atoms with Gasteiger partial charge in [0.15, 0.2) is 0 Å². The van der Waals surface area contributed by atoms with Crippen LogP contribution in [0.3, 0.4) is 0 Å². The highest BCUT2D eigenvalue weighted by molar-refractivity contribution is 14.1. The maximum absolute atomic E-state index is 12.9. The molecule has 1 aromatic heterocycles. The van der Waals surface area contributed by atoms with Crippen molar-refractivity contribution in [2.24, 2.45) is 7.05 Å². The molecule has 0 saturated carbocycles. The molecule has 1 amide bonds. The molecule has 1 heterocycles. The molecule has 1 unspecified atom stereocenters. The minimum Gasteiger partial charge on any atom is -0.322 e. The van der Waals surface area contributed by atoms with E-state index in [1.807, 2.05) is 19.2 Å². The Morgan fingerprint density at radius 1 is 1.46 bits per heavy atom. The van der Waals surface area contributed by atoms with Gasteiger partial charge < -0.3 is 5.32 Å². The summed E-state index contributed by atoms with van der Waals surface area (Å²) < 4.78 is 2.56. The summed E-state index contributed by atoms with van der Waals surface area (Å²) in [6.45, 7) is 8.85. The molecular formula is C19H24IN3O. The molecule has 128 valence electrons. The summed E-state index contributed by atoms with van der Waals surface area (Å²) in [6, 6.07) is 6.26. The maximum Gasteiger partial charge on any atom is 0.260 e. The van der Waals surface area contributed by atoms with E-state index in [0.717, 1.165) is 27.9 Å². The third kappa shape index (κ3) is 2.76. The molecule has 0 fully saturated rings. The van der Waals surface area contributed by atoms with Crippen LogP contribution in [0.4, 0.5) is 5.69 Å². The molecule has 1 atom stereocenters. The summed E-state index contributed by atoms with van der Waals surface area (Å²) in [5, 5.41) is 7.56. The summed E-state index contributed by atoms with van der Waals surface area (Å²) in [5.74, 6) is 0.389. The van der Waals surface area contributed by atoms with Gasteiger partial charge in [0.05, 0.1) is 11.3 Å². The fourth-order valence-electron chi connectivity index (χ4n) is 4.11. The molecular weight excluding hydrogens is 413 g/mol. The molecule has 1 aromatic carbocycles. The van der Waals surface area contributed by atoms with E-state index in [-0.39, 0.29) is 11.3 Å². The average molecular weight is 437 g/mol. The second-order valence-corrected chi connectivity index (χ2v) is 8.32. The molecule has 0 bridgehead atoms. The van der Waals surface area contributed by atoms with Crippen molar-refractivity contribution in [2.75, 3.05) is 5.32 Å². The first kappa shape index (κ1) is 17.5. The van der Waals surface area contributed by atoms with Crippen molar-refractivity contribution in [3.8, 4) is 0 Å². The third-order valence-corrected chi connectivity index (χ3v) is 5.83. The monoisotopic (exact) mass is 437 g/mol. The van der Waals surface area contributed by atoms with Crippen LogP contribution in [0.5, 0.6) is 0 Å². The lowest BCUT2D eigenvalue weighted by Crippen LogP contribution is -2.17. The first-order valence-corrected chi connectivity index (χ1v) is 9.50. The number of nitrogens with one attached hydrogen (secondary N) is 1. The van der Waals surface area contributed by atoms with Crippen LogP contribution in [0, 0.1) is 3.70 Å². The molecule has 1 N–H and O–H groups in total. The molecule has 24 heavy (non-hydrogen) atoms. The van der Waals surface area contributed by atoms with Crippen molar-refractivity contribution >= 4 is 34.2 Å². The van der Waals surface area contributed by atoms with Crippen molar-refractivity contribution in [1.82, 2.24) is 9.78 Å². The van der Waals surface area contributed by atoms with E-state index in [1.165, 1.54) is 11.1 Å². The number of benzene rings is 1. The lowest BCUT2D eigenvalue weighted by molar-refractivity contribution is 0.102. The number of fused-ring (bicyclic) bond motifs is 1. The Morgan fingerprint density at radius 3 is 2.83 bits per heavy atom. The molecule has 0 radical (unpaired) electrons. The quantitative estimate of drug-likeness (QED) is 0.713. The van der Waals surface area contributed by atoms with Crippen molar-refractivity contribution < 1.29 is 4.79 Å². The van der Waals surface area contributed by atoms with Gasteiger partial charge in [0, 0.05) is 12.7 Å². The Morgan fingerprint density at radius 2 is 2.17 bits per heavy atom. The Kier molecular flexibility index (Phi) is 4.49. The van der Waals surface area contributed by atoms with Gasteiger partial charge >= 0.3 is 0 Å². The van der Waals surface area contributed by atoms with E-state index in [2.05, 4.69) is 66.8 Å². The number of hydrogen-bond acceptors (Lipinski definition) is 2. The molecule has 2 aromatic rings. The predicted octanol–water partition coefficient (Wildman–Crippen LogP) is 4.62. The van der Waals surface area contributed by atoms with E-state index in [9.17, 15) is 4.79 Å². The molecule has 0 spiro atoms. The second-order valence-electron chi connectivity index (χ2n) is 7.30. The number of rotatable bonds is 3. The lowest BCUT2D eigenvalue weighted by atomic mass is 9.86. The average Bonchev–Trinajstić information content (AvgIpc) is 2.92. The van der Waals surface area contributed by atoms with Gasteiger partial charge in [-0.15, -0.1) is 0 Å².